The van der Waals surface area contributed by atoms with Crippen LogP contribution < -0.4 is 0 Å². The van der Waals surface area contributed by atoms with Crippen molar-refractivity contribution in [1.82, 2.24) is 4.90 Å². The van der Waals surface area contributed by atoms with Crippen molar-refractivity contribution in [2.24, 2.45) is 11.8 Å². The van der Waals surface area contributed by atoms with Gasteiger partial charge in [-0.05, 0) is 81.4 Å². The quantitative estimate of drug-likeness (QED) is 0.544. The van der Waals surface area contributed by atoms with Gasteiger partial charge in [0.2, 0.25) is 5.78 Å². The standard InChI is InChI=1S/C30H31NO6/c1-15-11-20-12-19-13-22-21(18-7-5-17(6-8-18)14-31(3)4)9-10-23(33)26(22)27(34)25(19)29(36)30(20,37)28(35)24(15)16(2)32/h5-10,19-20,33,36-37H,11-14H2,1-4H3/t19-,20-,30-/m1/s1. The summed E-state index contributed by atoms with van der Waals surface area (Å²) in [4.78, 5) is 41.3. The number of fused-ring (bicyclic) bond motifs is 3. The smallest absolute Gasteiger partial charge is 0.205 e. The maximum atomic E-state index is 13.8. The minimum absolute atomic E-state index is 0.0455. The second kappa shape index (κ2) is 8.78. The Hall–Kier alpha value is -3.55. The molecular weight excluding hydrogens is 470 g/mol. The highest BCUT2D eigenvalue weighted by Crippen LogP contribution is 2.52. The van der Waals surface area contributed by atoms with Crippen molar-refractivity contribution in [2.75, 3.05) is 14.1 Å². The van der Waals surface area contributed by atoms with Crippen molar-refractivity contribution < 1.29 is 29.7 Å². The van der Waals surface area contributed by atoms with Crippen molar-refractivity contribution in [3.63, 3.8) is 0 Å². The number of benzene rings is 2. The number of phenolic OH excluding ortho intramolecular Hbond substituents is 1. The van der Waals surface area contributed by atoms with Crippen molar-refractivity contribution in [3.8, 4) is 16.9 Å². The fourth-order valence-corrected chi connectivity index (χ4v) is 6.45. The first kappa shape index (κ1) is 25.1. The molecule has 0 amide bonds. The molecule has 5 rings (SSSR count). The third-order valence-electron chi connectivity index (χ3n) is 8.07. The molecule has 3 atom stereocenters. The van der Waals surface area contributed by atoms with Crippen LogP contribution in [0.3, 0.4) is 0 Å². The Labute approximate surface area is 215 Å². The highest BCUT2D eigenvalue weighted by molar-refractivity contribution is 6.25. The number of aliphatic hydroxyl groups is 2. The zero-order valence-corrected chi connectivity index (χ0v) is 21.5. The van der Waals surface area contributed by atoms with Crippen LogP contribution in [-0.4, -0.2) is 57.3 Å². The van der Waals surface area contributed by atoms with Crippen LogP contribution in [0.1, 0.15) is 48.2 Å². The van der Waals surface area contributed by atoms with Crippen LogP contribution in [-0.2, 0) is 22.6 Å². The average Bonchev–Trinajstić information content (AvgIpc) is 2.81. The SMILES string of the molecule is CC(=O)C1=C(C)C[C@@H]2C[C@@H]3Cc4c(-c5ccc(CN(C)C)cc5)ccc(O)c4C(=O)C3=C(O)[C@]2(O)C1=O. The first-order valence-corrected chi connectivity index (χ1v) is 12.5. The molecule has 0 saturated heterocycles. The van der Waals surface area contributed by atoms with E-state index in [0.29, 0.717) is 24.0 Å². The lowest BCUT2D eigenvalue weighted by Gasteiger charge is -2.46. The van der Waals surface area contributed by atoms with Gasteiger partial charge in [-0.2, -0.15) is 0 Å². The molecule has 0 radical (unpaired) electrons. The maximum absolute atomic E-state index is 13.8. The number of carbonyl (C=O) groups excluding carboxylic acids is 3. The predicted octanol–water partition coefficient (Wildman–Crippen LogP) is 3.92. The van der Waals surface area contributed by atoms with Crippen LogP contribution >= 0.6 is 0 Å². The largest absolute Gasteiger partial charge is 0.508 e. The number of hydrogen-bond acceptors (Lipinski definition) is 7. The summed E-state index contributed by atoms with van der Waals surface area (Å²) in [5, 5.41) is 33.5. The monoisotopic (exact) mass is 501 g/mol. The first-order valence-electron chi connectivity index (χ1n) is 12.5. The second-order valence-corrected chi connectivity index (χ2v) is 10.9. The van der Waals surface area contributed by atoms with E-state index in [4.69, 9.17) is 0 Å². The number of aliphatic hydroxyl groups excluding tert-OH is 1. The summed E-state index contributed by atoms with van der Waals surface area (Å²) in [5.41, 5.74) is 1.76. The Balaban J connectivity index is 1.62. The summed E-state index contributed by atoms with van der Waals surface area (Å²) < 4.78 is 0. The summed E-state index contributed by atoms with van der Waals surface area (Å²) >= 11 is 0. The number of ketones is 3. The van der Waals surface area contributed by atoms with Gasteiger partial charge in [-0.15, -0.1) is 0 Å². The minimum atomic E-state index is -2.32. The van der Waals surface area contributed by atoms with E-state index in [1.807, 2.05) is 38.4 Å². The van der Waals surface area contributed by atoms with Crippen molar-refractivity contribution in [3.05, 3.63) is 75.6 Å². The van der Waals surface area contributed by atoms with Crippen LogP contribution in [0.25, 0.3) is 11.1 Å². The number of Topliss-reactive ketones (excluding diaryl/α,β-unsaturated/α-hetero) is 3. The predicted molar refractivity (Wildman–Crippen MR) is 138 cm³/mol. The molecule has 0 unspecified atom stereocenters. The number of rotatable bonds is 4. The molecule has 2 aromatic carbocycles. The summed E-state index contributed by atoms with van der Waals surface area (Å²) in [5.74, 6) is -3.91. The number of nitrogens with zero attached hydrogens (tertiary/aromatic N) is 1. The lowest BCUT2D eigenvalue weighted by atomic mass is 9.59. The lowest BCUT2D eigenvalue weighted by Crippen LogP contribution is -2.56. The van der Waals surface area contributed by atoms with Crippen LogP contribution in [0.4, 0.5) is 0 Å². The summed E-state index contributed by atoms with van der Waals surface area (Å²) in [6.45, 7) is 3.75. The van der Waals surface area contributed by atoms with Crippen molar-refractivity contribution >= 4 is 17.3 Å². The molecule has 3 aliphatic carbocycles. The van der Waals surface area contributed by atoms with Crippen molar-refractivity contribution in [2.45, 2.75) is 45.3 Å². The van der Waals surface area contributed by atoms with Gasteiger partial charge in [0.05, 0.1) is 11.1 Å². The van der Waals surface area contributed by atoms with E-state index in [-0.39, 0.29) is 28.9 Å². The second-order valence-electron chi connectivity index (χ2n) is 10.9. The maximum Gasteiger partial charge on any atom is 0.205 e. The summed E-state index contributed by atoms with van der Waals surface area (Å²) in [6, 6.07) is 11.3. The summed E-state index contributed by atoms with van der Waals surface area (Å²) in [6.07, 6.45) is 0.936. The lowest BCUT2D eigenvalue weighted by molar-refractivity contribution is -0.143. The number of carbonyl (C=O) groups is 3. The van der Waals surface area contributed by atoms with Crippen molar-refractivity contribution in [1.29, 1.82) is 0 Å². The Morgan fingerprint density at radius 1 is 1.05 bits per heavy atom. The molecule has 37 heavy (non-hydrogen) atoms. The fourth-order valence-electron chi connectivity index (χ4n) is 6.45. The molecule has 2 aromatic rings. The van der Waals surface area contributed by atoms with Gasteiger partial charge in [-0.25, -0.2) is 0 Å². The van der Waals surface area contributed by atoms with Gasteiger partial charge in [0, 0.05) is 18.0 Å². The topological polar surface area (TPSA) is 115 Å². The molecule has 0 aliphatic heterocycles. The zero-order valence-electron chi connectivity index (χ0n) is 21.5. The van der Waals surface area contributed by atoms with Crippen LogP contribution in [0.2, 0.25) is 0 Å². The van der Waals surface area contributed by atoms with E-state index >= 15 is 0 Å². The molecule has 7 heteroatoms. The number of allylic oxidation sites excluding steroid dienone is 2. The van der Waals surface area contributed by atoms with E-state index in [9.17, 15) is 29.7 Å². The van der Waals surface area contributed by atoms with E-state index in [1.165, 1.54) is 13.0 Å². The van der Waals surface area contributed by atoms with Gasteiger partial charge >= 0.3 is 0 Å². The highest BCUT2D eigenvalue weighted by atomic mass is 16.3. The minimum Gasteiger partial charge on any atom is -0.508 e. The Bertz CT molecular complexity index is 1410. The Morgan fingerprint density at radius 2 is 1.73 bits per heavy atom. The third-order valence-corrected chi connectivity index (χ3v) is 8.07. The molecule has 3 aliphatic rings. The molecule has 0 fully saturated rings. The van der Waals surface area contributed by atoms with Crippen LogP contribution in [0.15, 0.2) is 58.9 Å². The van der Waals surface area contributed by atoms with Crippen LogP contribution in [0.5, 0.6) is 5.75 Å². The van der Waals surface area contributed by atoms with E-state index in [1.54, 1.807) is 13.0 Å². The molecule has 0 aromatic heterocycles. The Morgan fingerprint density at radius 3 is 2.35 bits per heavy atom. The third kappa shape index (κ3) is 3.76. The van der Waals surface area contributed by atoms with Gasteiger partial charge < -0.3 is 20.2 Å². The zero-order chi connectivity index (χ0) is 26.8. The molecule has 0 bridgehead atoms. The fraction of sp³-hybridized carbons (Fsp3) is 0.367. The summed E-state index contributed by atoms with van der Waals surface area (Å²) in [7, 11) is 4.00. The van der Waals surface area contributed by atoms with Gasteiger partial charge in [0.15, 0.2) is 17.2 Å². The molecule has 7 nitrogen and oxygen atoms in total. The highest BCUT2D eigenvalue weighted by Gasteiger charge is 2.58. The molecular formula is C30H31NO6. The molecule has 0 heterocycles. The number of aromatic hydroxyl groups is 1. The van der Waals surface area contributed by atoms with Gasteiger partial charge in [0.1, 0.15) is 11.5 Å². The first-order chi connectivity index (χ1) is 17.4. The van der Waals surface area contributed by atoms with E-state index < -0.39 is 40.5 Å². The number of hydrogen-bond donors (Lipinski definition) is 3. The van der Waals surface area contributed by atoms with E-state index in [2.05, 4.69) is 4.90 Å². The van der Waals surface area contributed by atoms with E-state index in [0.717, 1.165) is 23.2 Å². The van der Waals surface area contributed by atoms with Gasteiger partial charge in [0.25, 0.3) is 0 Å². The molecule has 0 spiro atoms. The average molecular weight is 502 g/mol. The van der Waals surface area contributed by atoms with Gasteiger partial charge in [-0.1, -0.05) is 35.9 Å². The normalized spacial score (nSPS) is 25.2. The number of phenols is 1. The molecule has 0 saturated carbocycles. The van der Waals surface area contributed by atoms with Gasteiger partial charge in [-0.3, -0.25) is 14.4 Å². The molecule has 192 valence electrons. The Kier molecular flexibility index (Phi) is 5.96. The molecule has 3 N–H and O–H groups in total. The van der Waals surface area contributed by atoms with Crippen LogP contribution in [0, 0.1) is 11.8 Å².